The summed E-state index contributed by atoms with van der Waals surface area (Å²) in [6, 6.07) is 6.89. The molecule has 9 heteroatoms. The predicted octanol–water partition coefficient (Wildman–Crippen LogP) is 1.60. The fraction of sp³-hybridized carbons (Fsp3) is 0.333. The minimum Gasteiger partial charge on any atom is -0.391 e. The molecule has 1 aliphatic carbocycles. The minimum atomic E-state index is -0.649. The normalized spacial score (nSPS) is 18.7. The maximum absolute atomic E-state index is 11.7. The molecule has 27 heavy (non-hydrogen) atoms. The summed E-state index contributed by atoms with van der Waals surface area (Å²) in [5.74, 6) is -0.279. The maximum atomic E-state index is 11.7. The molecule has 1 heterocycles. The number of carbonyl (C=O) groups excluding carboxylic acids is 2. The minimum absolute atomic E-state index is 0.159. The van der Waals surface area contributed by atoms with Gasteiger partial charge in [0.05, 0.1) is 17.7 Å². The Hall–Kier alpha value is -3.20. The first-order valence-corrected chi connectivity index (χ1v) is 8.68. The first-order chi connectivity index (χ1) is 12.9. The van der Waals surface area contributed by atoms with Crippen LogP contribution in [0.1, 0.15) is 36.5 Å². The van der Waals surface area contributed by atoms with Gasteiger partial charge in [0.25, 0.3) is 5.91 Å². The molecule has 0 radical (unpaired) electrons. The molecule has 0 saturated heterocycles. The highest BCUT2D eigenvalue weighted by molar-refractivity contribution is 5.97. The number of nitrogens with one attached hydrogen (secondary N) is 3. The zero-order valence-electron chi connectivity index (χ0n) is 14.9. The van der Waals surface area contributed by atoms with Gasteiger partial charge in [-0.3, -0.25) is 9.59 Å². The number of aliphatic hydroxyl groups excluding tert-OH is 1. The summed E-state index contributed by atoms with van der Waals surface area (Å²) in [6.45, 7) is 1.43. The number of nitrogens with two attached hydrogens (primary N) is 1. The van der Waals surface area contributed by atoms with Crippen LogP contribution >= 0.6 is 0 Å². The lowest BCUT2D eigenvalue weighted by molar-refractivity contribution is -0.114. The highest BCUT2D eigenvalue weighted by Crippen LogP contribution is 2.25. The van der Waals surface area contributed by atoms with Crippen LogP contribution < -0.4 is 21.7 Å². The van der Waals surface area contributed by atoms with Crippen molar-refractivity contribution in [2.45, 2.75) is 38.3 Å². The molecule has 1 aromatic heterocycles. The number of carbonyl (C=O) groups is 2. The molecule has 2 aromatic rings. The number of anilines is 4. The number of hydrogen-bond acceptors (Lipinski definition) is 7. The summed E-state index contributed by atoms with van der Waals surface area (Å²) in [5.41, 5.74) is 6.87. The van der Waals surface area contributed by atoms with E-state index in [0.29, 0.717) is 17.8 Å². The second-order valence-electron chi connectivity index (χ2n) is 6.46. The van der Waals surface area contributed by atoms with Crippen molar-refractivity contribution in [2.24, 2.45) is 5.73 Å². The Morgan fingerprint density at radius 1 is 1.26 bits per heavy atom. The first-order valence-electron chi connectivity index (χ1n) is 8.68. The van der Waals surface area contributed by atoms with Crippen molar-refractivity contribution in [3.05, 3.63) is 36.0 Å². The molecule has 0 aliphatic heterocycles. The van der Waals surface area contributed by atoms with Gasteiger partial charge in [0.1, 0.15) is 5.82 Å². The van der Waals surface area contributed by atoms with E-state index in [1.807, 2.05) is 0 Å². The van der Waals surface area contributed by atoms with Gasteiger partial charge in [-0.25, -0.2) is 4.98 Å². The summed E-state index contributed by atoms with van der Waals surface area (Å²) < 4.78 is 0. The van der Waals surface area contributed by atoms with Crippen molar-refractivity contribution >= 4 is 35.0 Å². The molecular weight excluding hydrogens is 348 g/mol. The van der Waals surface area contributed by atoms with Crippen LogP contribution in [0, 0.1) is 0 Å². The number of nitrogens with zero attached hydrogens (tertiary/aromatic N) is 2. The SMILES string of the molecule is CC(=O)Nc1cccc(Nc2ncc(C(N)=O)c(N[C@@H]3CCC[C@H]3O)n2)c1. The Morgan fingerprint density at radius 2 is 2.04 bits per heavy atom. The van der Waals surface area contributed by atoms with E-state index in [1.165, 1.54) is 13.1 Å². The Labute approximate surface area is 156 Å². The molecule has 142 valence electrons. The van der Waals surface area contributed by atoms with Crippen molar-refractivity contribution < 1.29 is 14.7 Å². The lowest BCUT2D eigenvalue weighted by atomic mass is 10.2. The molecule has 0 unspecified atom stereocenters. The first kappa shape index (κ1) is 18.6. The Kier molecular flexibility index (Phi) is 5.51. The molecule has 2 amide bonds. The molecule has 9 nitrogen and oxygen atoms in total. The average molecular weight is 370 g/mol. The third kappa shape index (κ3) is 4.70. The van der Waals surface area contributed by atoms with Gasteiger partial charge in [-0.1, -0.05) is 6.07 Å². The van der Waals surface area contributed by atoms with E-state index < -0.39 is 12.0 Å². The lowest BCUT2D eigenvalue weighted by Gasteiger charge is -2.19. The molecule has 3 rings (SSSR count). The van der Waals surface area contributed by atoms with Crippen LogP contribution in [0.5, 0.6) is 0 Å². The monoisotopic (exact) mass is 370 g/mol. The summed E-state index contributed by atoms with van der Waals surface area (Å²) in [7, 11) is 0. The molecule has 1 aliphatic rings. The molecule has 1 aromatic carbocycles. The van der Waals surface area contributed by atoms with Crippen LogP contribution in [-0.2, 0) is 4.79 Å². The fourth-order valence-corrected chi connectivity index (χ4v) is 3.02. The topological polar surface area (TPSA) is 142 Å². The number of rotatable bonds is 6. The second kappa shape index (κ2) is 8.00. The van der Waals surface area contributed by atoms with Crippen LogP contribution in [0.4, 0.5) is 23.1 Å². The van der Waals surface area contributed by atoms with Gasteiger partial charge in [-0.2, -0.15) is 4.98 Å². The third-order valence-corrected chi connectivity index (χ3v) is 4.29. The van der Waals surface area contributed by atoms with Gasteiger partial charge in [0.2, 0.25) is 11.9 Å². The maximum Gasteiger partial charge on any atom is 0.254 e. The standard InChI is InChI=1S/C18H22N6O3/c1-10(25)21-11-4-2-5-12(8-11)22-18-20-9-13(16(19)27)17(24-18)23-14-6-3-7-15(14)26/h2,4-5,8-9,14-15,26H,3,6-7H2,1H3,(H2,19,27)(H,21,25)(H2,20,22,23,24)/t14-,15-/m1/s1. The Balaban J connectivity index is 1.82. The molecule has 6 N–H and O–H groups in total. The van der Waals surface area contributed by atoms with Gasteiger partial charge in [0, 0.05) is 24.5 Å². The van der Waals surface area contributed by atoms with Crippen molar-refractivity contribution in [3.8, 4) is 0 Å². The summed E-state index contributed by atoms with van der Waals surface area (Å²) in [4.78, 5) is 31.3. The molecule has 2 atom stereocenters. The van der Waals surface area contributed by atoms with E-state index in [1.54, 1.807) is 24.3 Å². The van der Waals surface area contributed by atoms with Crippen molar-refractivity contribution in [1.29, 1.82) is 0 Å². The van der Waals surface area contributed by atoms with Crippen LogP contribution in [0.3, 0.4) is 0 Å². The van der Waals surface area contributed by atoms with Gasteiger partial charge in [0.15, 0.2) is 0 Å². The van der Waals surface area contributed by atoms with E-state index in [0.717, 1.165) is 12.8 Å². The molecule has 1 fully saturated rings. The number of benzene rings is 1. The smallest absolute Gasteiger partial charge is 0.254 e. The van der Waals surface area contributed by atoms with Crippen molar-refractivity contribution in [1.82, 2.24) is 9.97 Å². The quantitative estimate of drug-likeness (QED) is 0.520. The molecule has 1 saturated carbocycles. The molecular formula is C18H22N6O3. The highest BCUT2D eigenvalue weighted by Gasteiger charge is 2.27. The number of amides is 2. The summed E-state index contributed by atoms with van der Waals surface area (Å²) >= 11 is 0. The number of aliphatic hydroxyl groups is 1. The zero-order valence-corrected chi connectivity index (χ0v) is 14.9. The predicted molar refractivity (Wildman–Crippen MR) is 102 cm³/mol. The zero-order chi connectivity index (χ0) is 19.4. The summed E-state index contributed by atoms with van der Waals surface area (Å²) in [6.07, 6.45) is 3.24. The number of aromatic nitrogens is 2. The largest absolute Gasteiger partial charge is 0.391 e. The van der Waals surface area contributed by atoms with Crippen LogP contribution in [0.25, 0.3) is 0 Å². The van der Waals surface area contributed by atoms with Crippen molar-refractivity contribution in [3.63, 3.8) is 0 Å². The molecule has 0 spiro atoms. The number of hydrogen-bond donors (Lipinski definition) is 5. The number of primary amides is 1. The molecule has 0 bridgehead atoms. The van der Waals surface area contributed by atoms with Crippen molar-refractivity contribution in [2.75, 3.05) is 16.0 Å². The Bertz CT molecular complexity index is 857. The third-order valence-electron chi connectivity index (χ3n) is 4.29. The van der Waals surface area contributed by atoms with E-state index in [2.05, 4.69) is 25.9 Å². The fourth-order valence-electron chi connectivity index (χ4n) is 3.02. The van der Waals surface area contributed by atoms with Gasteiger partial charge < -0.3 is 26.8 Å². The van der Waals surface area contributed by atoms with Gasteiger partial charge in [-0.15, -0.1) is 0 Å². The van der Waals surface area contributed by atoms with E-state index in [9.17, 15) is 14.7 Å². The van der Waals surface area contributed by atoms with Gasteiger partial charge >= 0.3 is 0 Å². The second-order valence-corrected chi connectivity index (χ2v) is 6.46. The lowest BCUT2D eigenvalue weighted by Crippen LogP contribution is -2.30. The Morgan fingerprint density at radius 3 is 2.70 bits per heavy atom. The van der Waals surface area contributed by atoms with Gasteiger partial charge in [-0.05, 0) is 37.5 Å². The van der Waals surface area contributed by atoms with Crippen LogP contribution in [-0.4, -0.2) is 39.0 Å². The van der Waals surface area contributed by atoms with E-state index in [4.69, 9.17) is 5.73 Å². The van der Waals surface area contributed by atoms with Crippen LogP contribution in [0.15, 0.2) is 30.5 Å². The average Bonchev–Trinajstić information content (AvgIpc) is 2.99. The highest BCUT2D eigenvalue weighted by atomic mass is 16.3. The summed E-state index contributed by atoms with van der Waals surface area (Å²) in [5, 5.41) is 18.9. The van der Waals surface area contributed by atoms with E-state index in [-0.39, 0.29) is 29.3 Å². The van der Waals surface area contributed by atoms with E-state index >= 15 is 0 Å². The van der Waals surface area contributed by atoms with Crippen LogP contribution in [0.2, 0.25) is 0 Å².